The topological polar surface area (TPSA) is 80.2 Å². The van der Waals surface area contributed by atoms with Gasteiger partial charge in [-0.1, -0.05) is 18.2 Å². The van der Waals surface area contributed by atoms with Gasteiger partial charge in [-0.25, -0.2) is 9.97 Å². The van der Waals surface area contributed by atoms with E-state index >= 15 is 0 Å². The Kier molecular flexibility index (Phi) is 5.20. The number of hydrogen-bond acceptors (Lipinski definition) is 6. The van der Waals surface area contributed by atoms with Gasteiger partial charge in [0.1, 0.15) is 11.6 Å². The average Bonchev–Trinajstić information content (AvgIpc) is 2.66. The fourth-order valence-electron chi connectivity index (χ4n) is 2.54. The third-order valence-electron chi connectivity index (χ3n) is 3.77. The number of pyridine rings is 1. The summed E-state index contributed by atoms with van der Waals surface area (Å²) in [6, 6.07) is 13.0. The minimum Gasteiger partial charge on any atom is -0.496 e. The number of hydrogen-bond donors (Lipinski definition) is 2. The van der Waals surface area contributed by atoms with Gasteiger partial charge >= 0.3 is 0 Å². The summed E-state index contributed by atoms with van der Waals surface area (Å²) in [5.41, 5.74) is 2.47. The predicted molar refractivity (Wildman–Crippen MR) is 96.4 cm³/mol. The quantitative estimate of drug-likeness (QED) is 0.720. The summed E-state index contributed by atoms with van der Waals surface area (Å²) < 4.78 is 5.30. The number of methoxy groups -OCH3 is 1. The minimum absolute atomic E-state index is 0.312. The third kappa shape index (κ3) is 4.10. The summed E-state index contributed by atoms with van der Waals surface area (Å²) in [6.07, 6.45) is 2.70. The summed E-state index contributed by atoms with van der Waals surface area (Å²) in [7, 11) is 1.59. The van der Waals surface area contributed by atoms with Crippen LogP contribution < -0.4 is 10.1 Å². The maximum absolute atomic E-state index is 10.5. The molecule has 3 rings (SSSR count). The molecule has 3 aromatic rings. The lowest BCUT2D eigenvalue weighted by atomic mass is 10.1. The molecule has 128 valence electrons. The van der Waals surface area contributed by atoms with E-state index in [2.05, 4.69) is 20.3 Å². The van der Waals surface area contributed by atoms with Gasteiger partial charge in [0.15, 0.2) is 5.82 Å². The highest BCUT2D eigenvalue weighted by Gasteiger charge is 2.13. The third-order valence-corrected chi connectivity index (χ3v) is 3.77. The molecule has 2 heterocycles. The highest BCUT2D eigenvalue weighted by atomic mass is 16.5. The first-order chi connectivity index (χ1) is 12.2. The molecule has 0 bridgehead atoms. The summed E-state index contributed by atoms with van der Waals surface area (Å²) in [6.45, 7) is 2.22. The Balaban J connectivity index is 1.76. The van der Waals surface area contributed by atoms with Crippen molar-refractivity contribution in [2.45, 2.75) is 13.0 Å². The van der Waals surface area contributed by atoms with Crippen molar-refractivity contribution in [2.24, 2.45) is 0 Å². The number of ether oxygens (including phenoxy) is 1. The Morgan fingerprint density at radius 1 is 1.12 bits per heavy atom. The molecule has 6 nitrogen and oxygen atoms in total. The van der Waals surface area contributed by atoms with Crippen LogP contribution >= 0.6 is 0 Å². The van der Waals surface area contributed by atoms with E-state index in [4.69, 9.17) is 4.74 Å². The van der Waals surface area contributed by atoms with Gasteiger partial charge in [-0.15, -0.1) is 0 Å². The first kappa shape index (κ1) is 16.9. The van der Waals surface area contributed by atoms with E-state index in [-0.39, 0.29) is 0 Å². The number of rotatable bonds is 6. The number of nitrogens with one attached hydrogen (secondary N) is 1. The van der Waals surface area contributed by atoms with Crippen LogP contribution in [0.1, 0.15) is 17.4 Å². The molecule has 1 atom stereocenters. The fraction of sp³-hybridized carbons (Fsp3) is 0.211. The molecular formula is C19H20N4O2. The molecular weight excluding hydrogens is 316 g/mol. The van der Waals surface area contributed by atoms with Gasteiger partial charge in [0, 0.05) is 41.8 Å². The van der Waals surface area contributed by atoms with Crippen molar-refractivity contribution in [3.05, 3.63) is 66.1 Å². The van der Waals surface area contributed by atoms with Gasteiger partial charge in [0.25, 0.3) is 0 Å². The van der Waals surface area contributed by atoms with Crippen LogP contribution in [0.4, 0.5) is 5.82 Å². The number of aliphatic hydroxyl groups is 1. The summed E-state index contributed by atoms with van der Waals surface area (Å²) >= 11 is 0. The average molecular weight is 336 g/mol. The Labute approximate surface area is 146 Å². The Morgan fingerprint density at radius 3 is 2.64 bits per heavy atom. The second kappa shape index (κ2) is 7.72. The molecule has 0 amide bonds. The zero-order chi connectivity index (χ0) is 17.6. The smallest absolute Gasteiger partial charge is 0.161 e. The van der Waals surface area contributed by atoms with Crippen molar-refractivity contribution >= 4 is 5.82 Å². The SMILES string of the molecule is COc1ccccc1C(O)CNc1cc(C)nc(-c2ccncc2)n1. The van der Waals surface area contributed by atoms with Crippen LogP contribution in [0.25, 0.3) is 11.4 Å². The number of anilines is 1. The molecule has 6 heteroatoms. The lowest BCUT2D eigenvalue weighted by Gasteiger charge is -2.16. The molecule has 1 unspecified atom stereocenters. The first-order valence-electron chi connectivity index (χ1n) is 7.98. The van der Waals surface area contributed by atoms with Crippen molar-refractivity contribution in [1.29, 1.82) is 0 Å². The highest BCUT2D eigenvalue weighted by molar-refractivity contribution is 5.56. The monoisotopic (exact) mass is 336 g/mol. The number of para-hydroxylation sites is 1. The van der Waals surface area contributed by atoms with E-state index in [0.717, 1.165) is 16.8 Å². The molecule has 25 heavy (non-hydrogen) atoms. The summed E-state index contributed by atoms with van der Waals surface area (Å²) in [5, 5.41) is 13.6. The zero-order valence-electron chi connectivity index (χ0n) is 14.2. The van der Waals surface area contributed by atoms with E-state index in [0.29, 0.717) is 23.9 Å². The van der Waals surface area contributed by atoms with Gasteiger partial charge in [-0.05, 0) is 25.1 Å². The van der Waals surface area contributed by atoms with Crippen LogP contribution in [-0.2, 0) is 0 Å². The van der Waals surface area contributed by atoms with Crippen LogP contribution in [-0.4, -0.2) is 33.7 Å². The Hall–Kier alpha value is -2.99. The molecule has 0 saturated heterocycles. The van der Waals surface area contributed by atoms with Crippen LogP contribution in [0.3, 0.4) is 0 Å². The van der Waals surface area contributed by atoms with Crippen molar-refractivity contribution < 1.29 is 9.84 Å². The second-order valence-electron chi connectivity index (χ2n) is 5.59. The predicted octanol–water partition coefficient (Wildman–Crippen LogP) is 3.00. The van der Waals surface area contributed by atoms with Crippen molar-refractivity contribution in [3.63, 3.8) is 0 Å². The molecule has 0 spiro atoms. The van der Waals surface area contributed by atoms with Crippen molar-refractivity contribution in [2.75, 3.05) is 19.0 Å². The highest BCUT2D eigenvalue weighted by Crippen LogP contribution is 2.25. The van der Waals surface area contributed by atoms with Crippen molar-refractivity contribution in [3.8, 4) is 17.1 Å². The number of aromatic nitrogens is 3. The van der Waals surface area contributed by atoms with Gasteiger partial charge in [-0.3, -0.25) is 4.98 Å². The summed E-state index contributed by atoms with van der Waals surface area (Å²) in [4.78, 5) is 13.0. The zero-order valence-corrected chi connectivity index (χ0v) is 14.2. The van der Waals surface area contributed by atoms with E-state index in [1.54, 1.807) is 19.5 Å². The molecule has 0 saturated carbocycles. The van der Waals surface area contributed by atoms with E-state index in [1.807, 2.05) is 49.4 Å². The van der Waals surface area contributed by atoms with E-state index in [1.165, 1.54) is 0 Å². The molecule has 0 aliphatic carbocycles. The van der Waals surface area contributed by atoms with Gasteiger partial charge < -0.3 is 15.2 Å². The second-order valence-corrected chi connectivity index (χ2v) is 5.59. The Bertz CT molecular complexity index is 840. The largest absolute Gasteiger partial charge is 0.496 e. The Morgan fingerprint density at radius 2 is 1.88 bits per heavy atom. The number of benzene rings is 1. The van der Waals surface area contributed by atoms with Gasteiger partial charge in [0.2, 0.25) is 0 Å². The molecule has 0 radical (unpaired) electrons. The van der Waals surface area contributed by atoms with Crippen molar-refractivity contribution in [1.82, 2.24) is 15.0 Å². The first-order valence-corrected chi connectivity index (χ1v) is 7.98. The minimum atomic E-state index is -0.712. The molecule has 2 N–H and O–H groups in total. The van der Waals surface area contributed by atoms with E-state index < -0.39 is 6.10 Å². The lowest BCUT2D eigenvalue weighted by molar-refractivity contribution is 0.187. The fourth-order valence-corrected chi connectivity index (χ4v) is 2.54. The maximum Gasteiger partial charge on any atom is 0.161 e. The summed E-state index contributed by atoms with van der Waals surface area (Å²) in [5.74, 6) is 1.94. The standard InChI is InChI=1S/C19H20N4O2/c1-13-11-18(23-19(22-13)14-7-9-20-10-8-14)21-12-16(24)15-5-3-4-6-17(15)25-2/h3-11,16,24H,12H2,1-2H3,(H,21,22,23). The van der Waals surface area contributed by atoms with Gasteiger partial charge in [-0.2, -0.15) is 0 Å². The molecule has 0 aliphatic heterocycles. The molecule has 0 aliphatic rings. The lowest BCUT2D eigenvalue weighted by Crippen LogP contribution is -2.14. The van der Waals surface area contributed by atoms with E-state index in [9.17, 15) is 5.11 Å². The van der Waals surface area contributed by atoms with Crippen LogP contribution in [0.2, 0.25) is 0 Å². The van der Waals surface area contributed by atoms with Crippen LogP contribution in [0.15, 0.2) is 54.9 Å². The maximum atomic E-state index is 10.5. The van der Waals surface area contributed by atoms with Crippen LogP contribution in [0.5, 0.6) is 5.75 Å². The molecule has 1 aromatic carbocycles. The molecule has 2 aromatic heterocycles. The van der Waals surface area contributed by atoms with Crippen LogP contribution in [0, 0.1) is 6.92 Å². The number of nitrogens with zero attached hydrogens (tertiary/aromatic N) is 3. The number of aryl methyl sites for hydroxylation is 1. The molecule has 0 fully saturated rings. The number of aliphatic hydroxyl groups excluding tert-OH is 1. The van der Waals surface area contributed by atoms with Gasteiger partial charge in [0.05, 0.1) is 13.2 Å². The normalized spacial score (nSPS) is 11.8.